The Morgan fingerprint density at radius 3 is 2.89 bits per heavy atom. The summed E-state index contributed by atoms with van der Waals surface area (Å²) >= 11 is 0. The van der Waals surface area contributed by atoms with Crippen molar-refractivity contribution in [3.8, 4) is 17.2 Å². The summed E-state index contributed by atoms with van der Waals surface area (Å²) in [5.41, 5.74) is 4.21. The molecule has 0 spiro atoms. The van der Waals surface area contributed by atoms with Gasteiger partial charge in [-0.25, -0.2) is 19.3 Å². The number of rotatable bonds is 6. The third-order valence-electron chi connectivity index (χ3n) is 6.80. The quantitative estimate of drug-likeness (QED) is 0.385. The minimum absolute atomic E-state index is 0.0482. The smallest absolute Gasteiger partial charge is 0.259 e. The maximum absolute atomic E-state index is 14.8. The van der Waals surface area contributed by atoms with Gasteiger partial charge in [0.15, 0.2) is 5.82 Å². The fraction of sp³-hybridized carbons (Fsp3) is 0.259. The zero-order valence-corrected chi connectivity index (χ0v) is 19.4. The number of aryl methyl sites for hydroxylation is 2. The highest BCUT2D eigenvalue weighted by Gasteiger charge is 2.27. The van der Waals surface area contributed by atoms with E-state index in [4.69, 9.17) is 0 Å². The lowest BCUT2D eigenvalue weighted by molar-refractivity contribution is 0.102. The Morgan fingerprint density at radius 2 is 2.09 bits per heavy atom. The first-order valence-corrected chi connectivity index (χ1v) is 11.8. The van der Waals surface area contributed by atoms with Crippen LogP contribution in [-0.4, -0.2) is 30.0 Å². The number of allylic oxidation sites excluding steroid dienone is 1. The van der Waals surface area contributed by atoms with Gasteiger partial charge in [0.25, 0.3) is 5.91 Å². The van der Waals surface area contributed by atoms with Crippen molar-refractivity contribution in [2.24, 2.45) is 0 Å². The predicted molar refractivity (Wildman–Crippen MR) is 131 cm³/mol. The molecule has 1 saturated carbocycles. The highest BCUT2D eigenvalue weighted by atomic mass is 19.1. The molecule has 4 aromatic rings. The molecule has 0 bridgehead atoms. The van der Waals surface area contributed by atoms with Crippen molar-refractivity contribution in [3.63, 3.8) is 0 Å². The molecule has 6 rings (SSSR count). The highest BCUT2D eigenvalue weighted by Crippen LogP contribution is 2.39. The standard InChI is InChI=1S/C27H25FN6O/c1-3-18-9-10-19-13-29-26(34(18)19)22-5-4-6-25(31-22)32-27(35)20-12-24(16(2)11-21(20)28)33-14-23(30-15-33)17-7-8-17/h3-6,11-15,17-18H,1,7-10H2,2H3,(H,31,32,35)/t18-/m0/s1. The summed E-state index contributed by atoms with van der Waals surface area (Å²) in [5, 5.41) is 2.75. The molecule has 1 aromatic carbocycles. The highest BCUT2D eigenvalue weighted by molar-refractivity contribution is 6.04. The van der Waals surface area contributed by atoms with Gasteiger partial charge in [-0.1, -0.05) is 12.1 Å². The predicted octanol–water partition coefficient (Wildman–Crippen LogP) is 5.38. The molecule has 8 heteroatoms. The van der Waals surface area contributed by atoms with E-state index in [0.717, 1.165) is 54.1 Å². The number of aromatic nitrogens is 5. The van der Waals surface area contributed by atoms with Crippen LogP contribution in [0, 0.1) is 12.7 Å². The van der Waals surface area contributed by atoms with Crippen LogP contribution in [0.15, 0.2) is 61.7 Å². The monoisotopic (exact) mass is 468 g/mol. The molecule has 176 valence electrons. The SMILES string of the molecule is C=C[C@H]1CCc2cnc(-c3cccc(NC(=O)c4cc(-n5cnc(C6CC6)c5)c(C)cc4F)n3)n21. The summed E-state index contributed by atoms with van der Waals surface area (Å²) in [4.78, 5) is 26.7. The Hall–Kier alpha value is -4.07. The van der Waals surface area contributed by atoms with Gasteiger partial charge < -0.3 is 14.5 Å². The molecule has 0 saturated heterocycles. The number of imidazole rings is 2. The van der Waals surface area contributed by atoms with Gasteiger partial charge in [0.2, 0.25) is 0 Å². The van der Waals surface area contributed by atoms with Gasteiger partial charge >= 0.3 is 0 Å². The second-order valence-corrected chi connectivity index (χ2v) is 9.25. The van der Waals surface area contributed by atoms with E-state index in [1.165, 1.54) is 6.07 Å². The summed E-state index contributed by atoms with van der Waals surface area (Å²) < 4.78 is 18.8. The molecule has 2 aliphatic rings. The molecule has 4 heterocycles. The lowest BCUT2D eigenvalue weighted by Gasteiger charge is -2.13. The van der Waals surface area contributed by atoms with E-state index >= 15 is 0 Å². The first-order valence-electron chi connectivity index (χ1n) is 11.8. The van der Waals surface area contributed by atoms with Crippen LogP contribution >= 0.6 is 0 Å². The fourth-order valence-corrected chi connectivity index (χ4v) is 4.77. The molecule has 35 heavy (non-hydrogen) atoms. The van der Waals surface area contributed by atoms with Gasteiger partial charge in [0.1, 0.15) is 17.3 Å². The van der Waals surface area contributed by atoms with Crippen molar-refractivity contribution in [1.29, 1.82) is 0 Å². The van der Waals surface area contributed by atoms with Gasteiger partial charge in [-0.2, -0.15) is 0 Å². The summed E-state index contributed by atoms with van der Waals surface area (Å²) in [7, 11) is 0. The van der Waals surface area contributed by atoms with E-state index in [1.54, 1.807) is 24.5 Å². The lowest BCUT2D eigenvalue weighted by atomic mass is 10.1. The first-order chi connectivity index (χ1) is 17.0. The van der Waals surface area contributed by atoms with Crippen LogP contribution in [0.1, 0.15) is 58.5 Å². The fourth-order valence-electron chi connectivity index (χ4n) is 4.77. The summed E-state index contributed by atoms with van der Waals surface area (Å²) in [6.45, 7) is 5.76. The number of amides is 1. The number of benzene rings is 1. The number of fused-ring (bicyclic) bond motifs is 1. The number of halogens is 1. The Labute approximate surface area is 202 Å². The second kappa shape index (κ2) is 8.30. The van der Waals surface area contributed by atoms with Crippen LogP contribution in [0.3, 0.4) is 0 Å². The molecule has 1 aliphatic heterocycles. The van der Waals surface area contributed by atoms with Crippen molar-refractivity contribution < 1.29 is 9.18 Å². The van der Waals surface area contributed by atoms with Crippen molar-refractivity contribution in [2.45, 2.75) is 44.6 Å². The van der Waals surface area contributed by atoms with Crippen LogP contribution in [0.4, 0.5) is 10.2 Å². The van der Waals surface area contributed by atoms with Crippen LogP contribution < -0.4 is 5.32 Å². The van der Waals surface area contributed by atoms with Crippen LogP contribution in [0.5, 0.6) is 0 Å². The van der Waals surface area contributed by atoms with Gasteiger partial charge in [0.05, 0.1) is 29.3 Å². The van der Waals surface area contributed by atoms with Crippen LogP contribution in [0.25, 0.3) is 17.2 Å². The summed E-state index contributed by atoms with van der Waals surface area (Å²) in [6, 6.07) is 8.47. The van der Waals surface area contributed by atoms with Crippen LogP contribution in [0.2, 0.25) is 0 Å². The number of hydrogen-bond acceptors (Lipinski definition) is 4. The molecule has 1 N–H and O–H groups in total. The van der Waals surface area contributed by atoms with Crippen molar-refractivity contribution in [1.82, 2.24) is 24.1 Å². The average molecular weight is 469 g/mol. The molecule has 1 aliphatic carbocycles. The zero-order chi connectivity index (χ0) is 24.1. The molecule has 3 aromatic heterocycles. The van der Waals surface area contributed by atoms with Crippen molar-refractivity contribution in [3.05, 3.63) is 90.0 Å². The van der Waals surface area contributed by atoms with E-state index in [1.807, 2.05) is 36.0 Å². The molecule has 1 atom stereocenters. The largest absolute Gasteiger partial charge is 0.320 e. The number of anilines is 1. The number of carbonyl (C=O) groups excluding carboxylic acids is 1. The van der Waals surface area contributed by atoms with Gasteiger partial charge in [0, 0.05) is 24.0 Å². The minimum atomic E-state index is -0.581. The first kappa shape index (κ1) is 21.5. The number of pyridine rings is 1. The molecular weight excluding hydrogens is 443 g/mol. The summed E-state index contributed by atoms with van der Waals surface area (Å²) in [6.07, 6.45) is 11.7. The molecule has 7 nitrogen and oxygen atoms in total. The topological polar surface area (TPSA) is 77.6 Å². The summed E-state index contributed by atoms with van der Waals surface area (Å²) in [5.74, 6) is 0.429. The Morgan fingerprint density at radius 1 is 1.23 bits per heavy atom. The number of nitrogens with one attached hydrogen (secondary N) is 1. The lowest BCUT2D eigenvalue weighted by Crippen LogP contribution is -2.16. The van der Waals surface area contributed by atoms with E-state index in [9.17, 15) is 9.18 Å². The Balaban J connectivity index is 1.28. The van der Waals surface area contributed by atoms with E-state index in [2.05, 4.69) is 31.4 Å². The average Bonchev–Trinajstić information content (AvgIpc) is 3.25. The van der Waals surface area contributed by atoms with E-state index in [0.29, 0.717) is 17.4 Å². The van der Waals surface area contributed by atoms with Gasteiger partial charge in [-0.3, -0.25) is 4.79 Å². The molecule has 1 fully saturated rings. The molecule has 1 amide bonds. The van der Waals surface area contributed by atoms with Crippen molar-refractivity contribution in [2.75, 3.05) is 5.32 Å². The van der Waals surface area contributed by atoms with E-state index in [-0.39, 0.29) is 11.6 Å². The Bertz CT molecular complexity index is 1460. The third kappa shape index (κ3) is 3.84. The molecular formula is C27H25FN6O. The zero-order valence-electron chi connectivity index (χ0n) is 19.4. The number of carbonyl (C=O) groups is 1. The normalized spacial score (nSPS) is 16.8. The van der Waals surface area contributed by atoms with E-state index < -0.39 is 11.7 Å². The Kier molecular flexibility index (Phi) is 5.09. The number of nitrogens with zero attached hydrogens (tertiary/aromatic N) is 5. The van der Waals surface area contributed by atoms with Gasteiger partial charge in [-0.05, 0) is 62.4 Å². The van der Waals surface area contributed by atoms with Crippen LogP contribution in [-0.2, 0) is 6.42 Å². The number of hydrogen-bond donors (Lipinski definition) is 1. The van der Waals surface area contributed by atoms with Crippen molar-refractivity contribution >= 4 is 11.7 Å². The minimum Gasteiger partial charge on any atom is -0.320 e. The second-order valence-electron chi connectivity index (χ2n) is 9.25. The van der Waals surface area contributed by atoms with Gasteiger partial charge in [-0.15, -0.1) is 6.58 Å². The third-order valence-corrected chi connectivity index (χ3v) is 6.80. The molecule has 0 unspecified atom stereocenters. The maximum atomic E-state index is 14.8. The molecule has 0 radical (unpaired) electrons. The maximum Gasteiger partial charge on any atom is 0.259 e.